The molecule has 0 atom stereocenters. The van der Waals surface area contributed by atoms with Gasteiger partial charge in [-0.1, -0.05) is 23.8 Å². The SMILES string of the molecule is COC(=O)C1=C(C)N(CCC2=CCCCC2)C(=O)/C1=C\c1cc(C)n(-c2ccccc2C(F)(F)F)c1C. The number of aryl methyl sites for hydroxylation is 1. The molecule has 8 heteroatoms. The average Bonchev–Trinajstić information content (AvgIpc) is 3.28. The highest BCUT2D eigenvalue weighted by atomic mass is 19.4. The van der Waals surface area contributed by atoms with Gasteiger partial charge >= 0.3 is 12.1 Å². The van der Waals surface area contributed by atoms with Gasteiger partial charge in [0.2, 0.25) is 0 Å². The number of methoxy groups -OCH3 is 1. The first-order valence-corrected chi connectivity index (χ1v) is 12.4. The second-order valence-electron chi connectivity index (χ2n) is 9.50. The van der Waals surface area contributed by atoms with Crippen LogP contribution in [0.4, 0.5) is 13.2 Å². The van der Waals surface area contributed by atoms with E-state index in [0.717, 1.165) is 31.7 Å². The number of hydrogen-bond donors (Lipinski definition) is 0. The third kappa shape index (κ3) is 5.15. The number of aromatic nitrogens is 1. The number of nitrogens with zero attached hydrogens (tertiary/aromatic N) is 2. The molecule has 5 nitrogen and oxygen atoms in total. The number of allylic oxidation sites excluding steroid dienone is 2. The van der Waals surface area contributed by atoms with Gasteiger partial charge in [-0.3, -0.25) is 4.79 Å². The summed E-state index contributed by atoms with van der Waals surface area (Å²) in [4.78, 5) is 27.8. The van der Waals surface area contributed by atoms with Gasteiger partial charge in [0.15, 0.2) is 0 Å². The number of alkyl halides is 3. The number of carbonyl (C=O) groups excluding carboxylic acids is 2. The van der Waals surface area contributed by atoms with Crippen molar-refractivity contribution in [3.05, 3.63) is 81.3 Å². The van der Waals surface area contributed by atoms with Crippen LogP contribution in [0.5, 0.6) is 0 Å². The van der Waals surface area contributed by atoms with E-state index >= 15 is 0 Å². The first-order valence-electron chi connectivity index (χ1n) is 12.4. The molecule has 196 valence electrons. The Labute approximate surface area is 214 Å². The smallest absolute Gasteiger partial charge is 0.418 e. The molecule has 1 aromatic carbocycles. The lowest BCUT2D eigenvalue weighted by atomic mass is 9.97. The molecule has 0 radical (unpaired) electrons. The highest BCUT2D eigenvalue weighted by molar-refractivity contribution is 6.16. The van der Waals surface area contributed by atoms with E-state index in [-0.39, 0.29) is 22.7 Å². The molecule has 2 heterocycles. The number of amides is 1. The quantitative estimate of drug-likeness (QED) is 0.247. The topological polar surface area (TPSA) is 51.5 Å². The van der Waals surface area contributed by atoms with Crippen molar-refractivity contribution in [2.45, 2.75) is 59.1 Å². The molecule has 0 N–H and O–H groups in total. The summed E-state index contributed by atoms with van der Waals surface area (Å²) < 4.78 is 47.7. The molecule has 2 aliphatic rings. The van der Waals surface area contributed by atoms with Crippen molar-refractivity contribution in [1.82, 2.24) is 9.47 Å². The molecule has 2 aromatic rings. The van der Waals surface area contributed by atoms with Crippen LogP contribution in [0.3, 0.4) is 0 Å². The number of carbonyl (C=O) groups is 2. The first kappa shape index (κ1) is 26.5. The van der Waals surface area contributed by atoms with Gasteiger partial charge < -0.3 is 14.2 Å². The molecule has 1 aliphatic heterocycles. The Balaban J connectivity index is 1.74. The maximum absolute atomic E-state index is 13.7. The normalized spacial score (nSPS) is 17.6. The molecule has 37 heavy (non-hydrogen) atoms. The van der Waals surface area contributed by atoms with Crippen molar-refractivity contribution in [3.8, 4) is 5.69 Å². The molecule has 0 saturated carbocycles. The van der Waals surface area contributed by atoms with E-state index in [1.807, 2.05) is 0 Å². The van der Waals surface area contributed by atoms with Crippen LogP contribution in [0.25, 0.3) is 11.8 Å². The largest absolute Gasteiger partial charge is 0.465 e. The Bertz CT molecular complexity index is 1330. The van der Waals surface area contributed by atoms with E-state index in [1.54, 1.807) is 43.9 Å². The summed E-state index contributed by atoms with van der Waals surface area (Å²) in [5.41, 5.74) is 3.14. The van der Waals surface area contributed by atoms with Crippen molar-refractivity contribution in [3.63, 3.8) is 0 Å². The molecule has 0 spiro atoms. The van der Waals surface area contributed by atoms with Gasteiger partial charge in [0, 0.05) is 23.6 Å². The first-order chi connectivity index (χ1) is 17.5. The van der Waals surface area contributed by atoms with Crippen LogP contribution in [0, 0.1) is 13.8 Å². The second-order valence-corrected chi connectivity index (χ2v) is 9.50. The molecular formula is C29H31F3N2O3. The maximum atomic E-state index is 13.7. The highest BCUT2D eigenvalue weighted by Crippen LogP contribution is 2.37. The Morgan fingerprint density at radius 3 is 2.51 bits per heavy atom. The number of hydrogen-bond acceptors (Lipinski definition) is 3. The molecule has 0 bridgehead atoms. The minimum atomic E-state index is -4.52. The van der Waals surface area contributed by atoms with E-state index in [9.17, 15) is 22.8 Å². The number of esters is 1. The zero-order chi connectivity index (χ0) is 26.9. The second kappa shape index (κ2) is 10.4. The van der Waals surface area contributed by atoms with E-state index in [4.69, 9.17) is 4.74 Å². The van der Waals surface area contributed by atoms with E-state index in [2.05, 4.69) is 6.08 Å². The Morgan fingerprint density at radius 2 is 1.86 bits per heavy atom. The van der Waals surface area contributed by atoms with Gasteiger partial charge in [-0.2, -0.15) is 13.2 Å². The fraction of sp³-hybridized carbons (Fsp3) is 0.379. The van der Waals surface area contributed by atoms with E-state index in [0.29, 0.717) is 29.2 Å². The molecular weight excluding hydrogens is 481 g/mol. The number of ether oxygens (including phenoxy) is 1. The summed E-state index contributed by atoms with van der Waals surface area (Å²) in [6, 6.07) is 7.11. The molecule has 0 fully saturated rings. The predicted molar refractivity (Wildman–Crippen MR) is 136 cm³/mol. The Morgan fingerprint density at radius 1 is 1.14 bits per heavy atom. The zero-order valence-corrected chi connectivity index (χ0v) is 21.5. The standard InChI is InChI=1S/C29H31F3N2O3/c1-18-16-22(19(2)34(18)25-13-9-8-12-24(25)29(30,31)32)17-23-26(28(36)37-4)20(3)33(27(23)35)15-14-21-10-6-5-7-11-21/h8-10,12-13,16-17H,5-7,11,14-15H2,1-4H3/b23-17-. The minimum Gasteiger partial charge on any atom is -0.465 e. The van der Waals surface area contributed by atoms with Crippen LogP contribution in [0.1, 0.15) is 61.5 Å². The lowest BCUT2D eigenvalue weighted by molar-refractivity contribution is -0.137. The van der Waals surface area contributed by atoms with Gasteiger partial charge in [0.05, 0.1) is 29.5 Å². The van der Waals surface area contributed by atoms with Gasteiger partial charge in [0.1, 0.15) is 0 Å². The van der Waals surface area contributed by atoms with Gasteiger partial charge in [-0.15, -0.1) is 0 Å². The average molecular weight is 513 g/mol. The number of para-hydroxylation sites is 1. The zero-order valence-electron chi connectivity index (χ0n) is 21.5. The van der Waals surface area contributed by atoms with Crippen LogP contribution in [0.15, 0.2) is 58.8 Å². The Kier molecular flexibility index (Phi) is 7.48. The number of halogens is 3. The molecule has 4 rings (SSSR count). The minimum absolute atomic E-state index is 0.00898. The summed E-state index contributed by atoms with van der Waals surface area (Å²) in [5.74, 6) is -0.928. The highest BCUT2D eigenvalue weighted by Gasteiger charge is 2.37. The van der Waals surface area contributed by atoms with Gasteiger partial charge in [0.25, 0.3) is 5.91 Å². The maximum Gasteiger partial charge on any atom is 0.418 e. The lowest BCUT2D eigenvalue weighted by Crippen LogP contribution is -2.26. The Hall–Kier alpha value is -3.55. The van der Waals surface area contributed by atoms with Crippen LogP contribution in [0.2, 0.25) is 0 Å². The fourth-order valence-electron chi connectivity index (χ4n) is 5.25. The van der Waals surface area contributed by atoms with E-state index < -0.39 is 17.7 Å². The summed E-state index contributed by atoms with van der Waals surface area (Å²) in [6.07, 6.45) is 4.41. The van der Waals surface area contributed by atoms with Crippen molar-refractivity contribution in [2.75, 3.05) is 13.7 Å². The van der Waals surface area contributed by atoms with E-state index in [1.165, 1.54) is 35.8 Å². The van der Waals surface area contributed by atoms with Gasteiger partial charge in [-0.05, 0) is 82.7 Å². The monoisotopic (exact) mass is 512 g/mol. The molecule has 0 unspecified atom stereocenters. The molecule has 0 saturated heterocycles. The van der Waals surface area contributed by atoms with Crippen molar-refractivity contribution in [1.29, 1.82) is 0 Å². The third-order valence-corrected chi connectivity index (χ3v) is 7.16. The third-order valence-electron chi connectivity index (χ3n) is 7.16. The molecule has 1 amide bonds. The summed E-state index contributed by atoms with van der Waals surface area (Å²) >= 11 is 0. The summed E-state index contributed by atoms with van der Waals surface area (Å²) in [6.45, 7) is 5.59. The number of rotatable bonds is 6. The number of benzene rings is 1. The van der Waals surface area contributed by atoms with Crippen LogP contribution >= 0.6 is 0 Å². The lowest BCUT2D eigenvalue weighted by Gasteiger charge is -2.20. The molecule has 1 aromatic heterocycles. The molecule has 1 aliphatic carbocycles. The van der Waals surface area contributed by atoms with Crippen molar-refractivity contribution in [2.24, 2.45) is 0 Å². The fourth-order valence-corrected chi connectivity index (χ4v) is 5.25. The predicted octanol–water partition coefficient (Wildman–Crippen LogP) is 6.68. The summed E-state index contributed by atoms with van der Waals surface area (Å²) in [7, 11) is 1.26. The van der Waals surface area contributed by atoms with Crippen LogP contribution in [-0.4, -0.2) is 35.0 Å². The summed E-state index contributed by atoms with van der Waals surface area (Å²) in [5, 5.41) is 0. The van der Waals surface area contributed by atoms with Crippen molar-refractivity contribution < 1.29 is 27.5 Å². The van der Waals surface area contributed by atoms with Crippen LogP contribution < -0.4 is 0 Å². The van der Waals surface area contributed by atoms with Crippen molar-refractivity contribution >= 4 is 18.0 Å². The van der Waals surface area contributed by atoms with Crippen LogP contribution in [-0.2, 0) is 20.5 Å². The van der Waals surface area contributed by atoms with Gasteiger partial charge in [-0.25, -0.2) is 4.79 Å².